The number of aryl methyl sites for hydroxylation is 1. The Labute approximate surface area is 175 Å². The second kappa shape index (κ2) is 8.89. The molecule has 7 nitrogen and oxygen atoms in total. The molecule has 30 heavy (non-hydrogen) atoms. The maximum absolute atomic E-state index is 12.8. The van der Waals surface area contributed by atoms with E-state index in [1.54, 1.807) is 18.2 Å². The fraction of sp³-hybridized carbons (Fsp3) is 0.0909. The quantitative estimate of drug-likeness (QED) is 0.564. The minimum Gasteiger partial charge on any atom is -0.325 e. The van der Waals surface area contributed by atoms with E-state index in [0.29, 0.717) is 16.9 Å². The van der Waals surface area contributed by atoms with Crippen LogP contribution in [0, 0.1) is 6.92 Å². The smallest absolute Gasteiger partial charge is 0.257 e. The first-order valence-electron chi connectivity index (χ1n) is 9.11. The molecule has 0 spiro atoms. The van der Waals surface area contributed by atoms with Crippen molar-refractivity contribution in [2.45, 2.75) is 18.2 Å². The van der Waals surface area contributed by atoms with Crippen molar-refractivity contribution in [2.75, 3.05) is 10.6 Å². The van der Waals surface area contributed by atoms with Crippen LogP contribution in [0.4, 0.5) is 11.4 Å². The van der Waals surface area contributed by atoms with Gasteiger partial charge in [-0.3, -0.25) is 9.59 Å². The van der Waals surface area contributed by atoms with Gasteiger partial charge in [-0.15, -0.1) is 0 Å². The molecule has 0 bridgehead atoms. The Morgan fingerprint density at radius 1 is 0.900 bits per heavy atom. The second-order valence-electron chi connectivity index (χ2n) is 6.78. The van der Waals surface area contributed by atoms with Gasteiger partial charge in [-0.25, -0.2) is 13.6 Å². The standard InChI is InChI=1S/C22H21N3O4S/c1-15-7-12-20(25-21(26)14-16-5-3-2-4-6-16)19(13-15)22(27)24-17-8-10-18(11-9-17)30(23,28)29/h2-13H,14H2,1H3,(H,24,27)(H,25,26)(H2,23,28,29). The summed E-state index contributed by atoms with van der Waals surface area (Å²) in [6.45, 7) is 1.84. The number of sulfonamides is 1. The number of hydrogen-bond donors (Lipinski definition) is 3. The molecule has 0 aromatic heterocycles. The molecule has 0 saturated carbocycles. The van der Waals surface area contributed by atoms with Gasteiger partial charge in [0.05, 0.1) is 22.6 Å². The van der Waals surface area contributed by atoms with Gasteiger partial charge >= 0.3 is 0 Å². The third-order valence-electron chi connectivity index (χ3n) is 4.34. The zero-order valence-electron chi connectivity index (χ0n) is 16.3. The summed E-state index contributed by atoms with van der Waals surface area (Å²) in [7, 11) is -3.81. The molecule has 3 rings (SSSR count). The number of benzene rings is 3. The van der Waals surface area contributed by atoms with Crippen molar-refractivity contribution in [1.29, 1.82) is 0 Å². The van der Waals surface area contributed by atoms with Gasteiger partial charge in [0.15, 0.2) is 0 Å². The van der Waals surface area contributed by atoms with E-state index in [-0.39, 0.29) is 17.2 Å². The van der Waals surface area contributed by atoms with Crippen LogP contribution in [0.3, 0.4) is 0 Å². The van der Waals surface area contributed by atoms with Crippen molar-refractivity contribution in [1.82, 2.24) is 0 Å². The van der Waals surface area contributed by atoms with Crippen LogP contribution in [0.1, 0.15) is 21.5 Å². The lowest BCUT2D eigenvalue weighted by Gasteiger charge is -2.13. The Morgan fingerprint density at radius 2 is 1.57 bits per heavy atom. The molecule has 0 heterocycles. The number of primary sulfonamides is 1. The monoisotopic (exact) mass is 423 g/mol. The predicted octanol–water partition coefficient (Wildman–Crippen LogP) is 3.08. The number of carbonyl (C=O) groups excluding carboxylic acids is 2. The summed E-state index contributed by atoms with van der Waals surface area (Å²) in [6, 6.07) is 20.0. The lowest BCUT2D eigenvalue weighted by Crippen LogP contribution is -2.19. The first-order valence-corrected chi connectivity index (χ1v) is 10.7. The molecule has 8 heteroatoms. The highest BCUT2D eigenvalue weighted by Crippen LogP contribution is 2.21. The van der Waals surface area contributed by atoms with Crippen molar-refractivity contribution in [2.24, 2.45) is 5.14 Å². The van der Waals surface area contributed by atoms with Crippen molar-refractivity contribution < 1.29 is 18.0 Å². The van der Waals surface area contributed by atoms with Crippen LogP contribution in [-0.2, 0) is 21.2 Å². The van der Waals surface area contributed by atoms with Crippen LogP contribution >= 0.6 is 0 Å². The van der Waals surface area contributed by atoms with E-state index in [0.717, 1.165) is 11.1 Å². The van der Waals surface area contributed by atoms with E-state index >= 15 is 0 Å². The summed E-state index contributed by atoms with van der Waals surface area (Å²) in [4.78, 5) is 25.2. The minimum absolute atomic E-state index is 0.0510. The SMILES string of the molecule is Cc1ccc(NC(=O)Cc2ccccc2)c(C(=O)Nc2ccc(S(N)(=O)=O)cc2)c1. The Morgan fingerprint density at radius 3 is 2.20 bits per heavy atom. The van der Waals surface area contributed by atoms with E-state index in [4.69, 9.17) is 5.14 Å². The van der Waals surface area contributed by atoms with Crippen LogP contribution in [0.15, 0.2) is 77.7 Å². The second-order valence-corrected chi connectivity index (χ2v) is 8.34. The molecule has 0 atom stereocenters. The number of nitrogens with one attached hydrogen (secondary N) is 2. The molecule has 0 saturated heterocycles. The van der Waals surface area contributed by atoms with E-state index in [1.807, 2.05) is 37.3 Å². The molecule has 0 radical (unpaired) electrons. The molecule has 0 unspecified atom stereocenters. The topological polar surface area (TPSA) is 118 Å². The molecule has 2 amide bonds. The van der Waals surface area contributed by atoms with Gasteiger partial charge in [0.1, 0.15) is 0 Å². The van der Waals surface area contributed by atoms with E-state index in [9.17, 15) is 18.0 Å². The highest BCUT2D eigenvalue weighted by molar-refractivity contribution is 7.89. The Hall–Kier alpha value is -3.49. The van der Waals surface area contributed by atoms with Gasteiger partial charge in [-0.1, -0.05) is 42.0 Å². The van der Waals surface area contributed by atoms with Crippen molar-refractivity contribution in [3.8, 4) is 0 Å². The molecular weight excluding hydrogens is 402 g/mol. The molecule has 0 aliphatic carbocycles. The summed E-state index contributed by atoms with van der Waals surface area (Å²) in [6.07, 6.45) is 0.185. The predicted molar refractivity (Wildman–Crippen MR) is 116 cm³/mol. The number of anilines is 2. The lowest BCUT2D eigenvalue weighted by molar-refractivity contribution is -0.115. The van der Waals surface area contributed by atoms with Gasteiger partial charge in [-0.2, -0.15) is 0 Å². The number of nitrogens with two attached hydrogens (primary N) is 1. The molecule has 0 fully saturated rings. The maximum Gasteiger partial charge on any atom is 0.257 e. The molecular formula is C22H21N3O4S. The normalized spacial score (nSPS) is 11.0. The first-order chi connectivity index (χ1) is 14.2. The molecule has 3 aromatic rings. The summed E-state index contributed by atoms with van der Waals surface area (Å²) in [5.74, 6) is -0.673. The van der Waals surface area contributed by atoms with Crippen LogP contribution in [0.25, 0.3) is 0 Å². The van der Waals surface area contributed by atoms with Crippen LogP contribution in [0.5, 0.6) is 0 Å². The highest BCUT2D eigenvalue weighted by Gasteiger charge is 2.15. The number of hydrogen-bond acceptors (Lipinski definition) is 4. The van der Waals surface area contributed by atoms with E-state index in [1.165, 1.54) is 24.3 Å². The average molecular weight is 423 g/mol. The molecule has 3 aromatic carbocycles. The third-order valence-corrected chi connectivity index (χ3v) is 5.27. The Bertz CT molecular complexity index is 1170. The van der Waals surface area contributed by atoms with Crippen LogP contribution < -0.4 is 15.8 Å². The summed E-state index contributed by atoms with van der Waals surface area (Å²) < 4.78 is 22.7. The number of carbonyl (C=O) groups is 2. The van der Waals surface area contributed by atoms with Gasteiger partial charge < -0.3 is 10.6 Å². The fourth-order valence-electron chi connectivity index (χ4n) is 2.86. The van der Waals surface area contributed by atoms with Gasteiger partial charge in [0, 0.05) is 5.69 Å². The van der Waals surface area contributed by atoms with Crippen LogP contribution in [0.2, 0.25) is 0 Å². The highest BCUT2D eigenvalue weighted by atomic mass is 32.2. The largest absolute Gasteiger partial charge is 0.325 e. The van der Waals surface area contributed by atoms with Crippen molar-refractivity contribution >= 4 is 33.2 Å². The van der Waals surface area contributed by atoms with Crippen molar-refractivity contribution in [3.63, 3.8) is 0 Å². The molecule has 0 aliphatic heterocycles. The summed E-state index contributed by atoms with van der Waals surface area (Å²) >= 11 is 0. The number of rotatable bonds is 6. The van der Waals surface area contributed by atoms with Crippen LogP contribution in [-0.4, -0.2) is 20.2 Å². The Kier molecular flexibility index (Phi) is 6.29. The molecule has 154 valence electrons. The minimum atomic E-state index is -3.81. The van der Waals surface area contributed by atoms with E-state index in [2.05, 4.69) is 10.6 Å². The zero-order chi connectivity index (χ0) is 21.7. The van der Waals surface area contributed by atoms with Gasteiger partial charge in [0.25, 0.3) is 5.91 Å². The lowest BCUT2D eigenvalue weighted by atomic mass is 10.1. The average Bonchev–Trinajstić information content (AvgIpc) is 2.69. The van der Waals surface area contributed by atoms with Gasteiger partial charge in [-0.05, 0) is 48.9 Å². The fourth-order valence-corrected chi connectivity index (χ4v) is 3.37. The van der Waals surface area contributed by atoms with E-state index < -0.39 is 15.9 Å². The zero-order valence-corrected chi connectivity index (χ0v) is 17.1. The van der Waals surface area contributed by atoms with Gasteiger partial charge in [0.2, 0.25) is 15.9 Å². The molecule has 4 N–H and O–H groups in total. The maximum atomic E-state index is 12.8. The third kappa shape index (κ3) is 5.53. The Balaban J connectivity index is 1.77. The first kappa shape index (κ1) is 21.2. The number of amides is 2. The summed E-state index contributed by atoms with van der Waals surface area (Å²) in [5, 5.41) is 10.6. The molecule has 0 aliphatic rings. The summed E-state index contributed by atoms with van der Waals surface area (Å²) in [5.41, 5.74) is 2.80. The van der Waals surface area contributed by atoms with Crippen molar-refractivity contribution in [3.05, 3.63) is 89.5 Å².